The molecule has 4 amide bonds. The number of rotatable bonds is 6. The van der Waals surface area contributed by atoms with Crippen LogP contribution in [0.3, 0.4) is 0 Å². The molecule has 5 heterocycles. The number of ether oxygens (including phenoxy) is 1. The second-order valence-corrected chi connectivity index (χ2v) is 13.8. The second-order valence-electron chi connectivity index (χ2n) is 12.5. The number of carbonyl (C=O) groups is 3. The van der Waals surface area contributed by atoms with E-state index in [1.807, 2.05) is 11.4 Å². The van der Waals surface area contributed by atoms with Crippen molar-refractivity contribution in [2.24, 2.45) is 0 Å². The molecule has 256 valence electrons. The summed E-state index contributed by atoms with van der Waals surface area (Å²) < 4.78 is 47.0. The van der Waals surface area contributed by atoms with E-state index in [9.17, 15) is 27.6 Å². The van der Waals surface area contributed by atoms with Crippen molar-refractivity contribution in [3.8, 4) is 0 Å². The summed E-state index contributed by atoms with van der Waals surface area (Å²) in [7, 11) is 0. The van der Waals surface area contributed by atoms with Crippen molar-refractivity contribution in [3.05, 3.63) is 45.3 Å². The number of halogens is 4. The van der Waals surface area contributed by atoms with Gasteiger partial charge in [0.25, 0.3) is 5.91 Å². The van der Waals surface area contributed by atoms with Gasteiger partial charge in [0.05, 0.1) is 22.8 Å². The molecule has 0 saturated carbocycles. The maximum Gasteiger partial charge on any atom is 0.418 e. The van der Waals surface area contributed by atoms with Crippen molar-refractivity contribution in [2.45, 2.75) is 63.0 Å². The molecule has 4 N–H and O–H groups in total. The smallest absolute Gasteiger partial charge is 0.418 e. The quantitative estimate of drug-likeness (QED) is 0.381. The lowest BCUT2D eigenvalue weighted by atomic mass is 10.0. The van der Waals surface area contributed by atoms with E-state index in [2.05, 4.69) is 15.5 Å². The molecule has 6 rings (SSSR count). The minimum Gasteiger partial charge on any atom is -0.436 e. The summed E-state index contributed by atoms with van der Waals surface area (Å²) in [5, 5.41) is 8.77. The highest BCUT2D eigenvalue weighted by Gasteiger charge is 2.38. The Balaban J connectivity index is 1.13. The highest BCUT2D eigenvalue weighted by atomic mass is 35.5. The molecular weight excluding hydrogens is 659 g/mol. The van der Waals surface area contributed by atoms with Crippen molar-refractivity contribution in [2.75, 3.05) is 63.4 Å². The van der Waals surface area contributed by atoms with E-state index >= 15 is 0 Å². The number of hydrogen-bond donors (Lipinski definition) is 3. The van der Waals surface area contributed by atoms with Crippen molar-refractivity contribution in [3.63, 3.8) is 0 Å². The van der Waals surface area contributed by atoms with Crippen LogP contribution in [0.4, 0.5) is 33.4 Å². The van der Waals surface area contributed by atoms with Gasteiger partial charge in [-0.3, -0.25) is 15.0 Å². The zero-order chi connectivity index (χ0) is 33.3. The summed E-state index contributed by atoms with van der Waals surface area (Å²) in [5.41, 5.74) is 5.06. The Kier molecular flexibility index (Phi) is 10.1. The lowest BCUT2D eigenvalue weighted by Gasteiger charge is -2.42. The van der Waals surface area contributed by atoms with Crippen LogP contribution in [0.5, 0.6) is 0 Å². The normalized spacial score (nSPS) is 20.9. The van der Waals surface area contributed by atoms with Crippen molar-refractivity contribution in [1.82, 2.24) is 24.9 Å². The summed E-state index contributed by atoms with van der Waals surface area (Å²) in [6, 6.07) is 4.30. The number of hydrogen-bond acceptors (Lipinski definition) is 8. The minimum absolute atomic E-state index is 0.0821. The Hall–Kier alpha value is -3.27. The van der Waals surface area contributed by atoms with Gasteiger partial charge in [-0.2, -0.15) is 13.2 Å². The van der Waals surface area contributed by atoms with Crippen LogP contribution in [0.2, 0.25) is 5.02 Å². The molecule has 0 aliphatic carbocycles. The Morgan fingerprint density at radius 3 is 2.40 bits per heavy atom. The SMILES string of the molecule is Nc1c(Cl)cc(C[C@@H](OC(=O)N2CCC(N3Cc4ccsc4NC3=O)CC2)C(=O)N2CCN(C3CCNCC3)CC2)cc1C(F)(F)F. The molecule has 2 aromatic rings. The molecule has 0 bridgehead atoms. The van der Waals surface area contributed by atoms with Crippen molar-refractivity contribution >= 4 is 51.7 Å². The van der Waals surface area contributed by atoms with Crippen LogP contribution < -0.4 is 16.4 Å². The fourth-order valence-corrected chi connectivity index (χ4v) is 7.99. The van der Waals surface area contributed by atoms with Crippen LogP contribution in [-0.4, -0.2) is 108 Å². The average Bonchev–Trinajstić information content (AvgIpc) is 3.52. The predicted molar refractivity (Wildman–Crippen MR) is 172 cm³/mol. The van der Waals surface area contributed by atoms with Crippen molar-refractivity contribution in [1.29, 1.82) is 0 Å². The minimum atomic E-state index is -4.76. The summed E-state index contributed by atoms with van der Waals surface area (Å²) in [4.78, 5) is 47.3. The fraction of sp³-hybridized carbons (Fsp3) is 0.581. The monoisotopic (exact) mass is 697 g/mol. The van der Waals surface area contributed by atoms with E-state index in [0.717, 1.165) is 42.6 Å². The lowest BCUT2D eigenvalue weighted by Crippen LogP contribution is -2.56. The number of fused-ring (bicyclic) bond motifs is 1. The molecule has 3 fully saturated rings. The summed E-state index contributed by atoms with van der Waals surface area (Å²) in [6.45, 7) is 5.14. The van der Waals surface area contributed by atoms with E-state index in [4.69, 9.17) is 22.1 Å². The maximum absolute atomic E-state index is 13.9. The summed E-state index contributed by atoms with van der Waals surface area (Å²) in [6.07, 6.45) is -4.05. The van der Waals surface area contributed by atoms with Gasteiger partial charge in [0.15, 0.2) is 6.10 Å². The van der Waals surface area contributed by atoms with E-state index in [1.165, 1.54) is 22.3 Å². The van der Waals surface area contributed by atoms with Gasteiger partial charge in [0.1, 0.15) is 5.00 Å². The molecular formula is C31H39ClF3N7O4S. The number of amides is 4. The Morgan fingerprint density at radius 1 is 1.02 bits per heavy atom. The van der Waals surface area contributed by atoms with Crippen LogP contribution in [-0.2, 0) is 28.7 Å². The Labute approximate surface area is 280 Å². The highest BCUT2D eigenvalue weighted by Crippen LogP contribution is 2.38. The van der Waals surface area contributed by atoms with Gasteiger partial charge in [-0.05, 0) is 67.9 Å². The fourth-order valence-electron chi connectivity index (χ4n) is 6.95. The van der Waals surface area contributed by atoms with E-state index in [0.29, 0.717) is 64.7 Å². The number of anilines is 2. The van der Waals surface area contributed by atoms with Gasteiger partial charge < -0.3 is 30.5 Å². The first kappa shape index (κ1) is 33.6. The second kappa shape index (κ2) is 14.1. The molecule has 1 atom stereocenters. The van der Waals surface area contributed by atoms with Gasteiger partial charge >= 0.3 is 18.3 Å². The zero-order valence-corrected chi connectivity index (χ0v) is 27.4. The molecule has 1 aromatic heterocycles. The highest BCUT2D eigenvalue weighted by molar-refractivity contribution is 7.14. The third-order valence-electron chi connectivity index (χ3n) is 9.62. The van der Waals surface area contributed by atoms with Gasteiger partial charge in [-0.15, -0.1) is 11.3 Å². The van der Waals surface area contributed by atoms with E-state index < -0.39 is 35.5 Å². The third kappa shape index (κ3) is 7.58. The first-order valence-electron chi connectivity index (χ1n) is 16.0. The number of carbonyl (C=O) groups excluding carboxylic acids is 3. The summed E-state index contributed by atoms with van der Waals surface area (Å²) in [5.74, 6) is -0.462. The van der Waals surface area contributed by atoms with Gasteiger partial charge in [0, 0.05) is 63.3 Å². The number of nitrogens with one attached hydrogen (secondary N) is 2. The number of piperazine rings is 1. The first-order valence-corrected chi connectivity index (χ1v) is 17.2. The number of likely N-dealkylation sites (tertiary alicyclic amines) is 1. The number of thiophene rings is 1. The maximum atomic E-state index is 13.9. The molecule has 0 radical (unpaired) electrons. The van der Waals surface area contributed by atoms with Crippen LogP contribution in [0.25, 0.3) is 0 Å². The van der Waals surface area contributed by atoms with E-state index in [-0.39, 0.29) is 29.1 Å². The number of nitrogens with two attached hydrogens (primary N) is 1. The van der Waals surface area contributed by atoms with Crippen LogP contribution in [0.15, 0.2) is 23.6 Å². The molecule has 0 unspecified atom stereocenters. The number of nitrogen functional groups attached to an aromatic ring is 1. The van der Waals surface area contributed by atoms with Crippen LogP contribution >= 0.6 is 22.9 Å². The molecule has 47 heavy (non-hydrogen) atoms. The Morgan fingerprint density at radius 2 is 1.72 bits per heavy atom. The van der Waals surface area contributed by atoms with Crippen molar-refractivity contribution < 1.29 is 32.3 Å². The van der Waals surface area contributed by atoms with Crippen LogP contribution in [0.1, 0.15) is 42.4 Å². The summed E-state index contributed by atoms with van der Waals surface area (Å²) >= 11 is 7.56. The number of benzene rings is 1. The molecule has 0 spiro atoms. The molecule has 11 nitrogen and oxygen atoms in total. The van der Waals surface area contributed by atoms with Crippen LogP contribution in [0, 0.1) is 0 Å². The molecule has 1 aromatic carbocycles. The third-order valence-corrected chi connectivity index (χ3v) is 10.8. The van der Waals surface area contributed by atoms with Gasteiger partial charge in [0.2, 0.25) is 0 Å². The zero-order valence-electron chi connectivity index (χ0n) is 25.9. The number of urea groups is 1. The van der Waals surface area contributed by atoms with E-state index in [1.54, 1.807) is 9.80 Å². The van der Waals surface area contributed by atoms with Gasteiger partial charge in [-0.1, -0.05) is 11.6 Å². The standard InChI is InChI=1S/C31H39ClF3N7O4S/c32-24-16-19(15-23(26(24)36)31(33,34)35)17-25(28(43)40-12-10-39(11-13-40)21-1-6-37-7-2-21)46-30(45)41-8-3-22(4-9-41)42-18-20-5-14-47-27(20)38-29(42)44/h5,14-16,21-22,25,37H,1-4,6-13,17-18,36H2,(H,38,44)/t25-/m1/s1. The first-order chi connectivity index (χ1) is 22.5. The van der Waals surface area contributed by atoms with Gasteiger partial charge in [-0.25, -0.2) is 9.59 Å². The average molecular weight is 698 g/mol. The molecule has 4 aliphatic rings. The topological polar surface area (TPSA) is 123 Å². The molecule has 4 aliphatic heterocycles. The molecule has 16 heteroatoms. The molecule has 3 saturated heterocycles. The largest absolute Gasteiger partial charge is 0.436 e. The number of alkyl halides is 3. The number of nitrogens with zero attached hydrogens (tertiary/aromatic N) is 4. The Bertz CT molecular complexity index is 1470. The lowest BCUT2D eigenvalue weighted by molar-refractivity contribution is -0.143. The number of piperidine rings is 2. The predicted octanol–water partition coefficient (Wildman–Crippen LogP) is 4.46.